The molecule has 1 N–H and O–H groups in total. The minimum atomic E-state index is -0.829. The number of thioether (sulfide) groups is 1. The maximum absolute atomic E-state index is 13.7. The maximum Gasteiger partial charge on any atom is 0.234 e. The van der Waals surface area contributed by atoms with Crippen LogP contribution in [0.1, 0.15) is 5.82 Å². The molecule has 4 aromatic rings. The number of benzene rings is 3. The lowest BCUT2D eigenvalue weighted by atomic mass is 10.1. The molecule has 4 rings (SSSR count). The third-order valence-electron chi connectivity index (χ3n) is 4.57. The molecule has 0 aliphatic carbocycles. The molecule has 1 aromatic heterocycles. The quantitative estimate of drug-likeness (QED) is 0.427. The molecule has 0 saturated heterocycles. The van der Waals surface area contributed by atoms with E-state index in [0.29, 0.717) is 17.0 Å². The van der Waals surface area contributed by atoms with Crippen LogP contribution in [0.3, 0.4) is 0 Å². The van der Waals surface area contributed by atoms with Gasteiger partial charge in [0.15, 0.2) is 11.0 Å². The molecule has 1 amide bonds. The molecule has 0 radical (unpaired) electrons. The highest BCUT2D eigenvalue weighted by atomic mass is 32.2. The summed E-state index contributed by atoms with van der Waals surface area (Å²) in [4.78, 5) is 12.1. The van der Waals surface area contributed by atoms with E-state index in [0.717, 1.165) is 34.4 Å². The van der Waals surface area contributed by atoms with E-state index < -0.39 is 17.5 Å². The van der Waals surface area contributed by atoms with Crippen LogP contribution in [-0.4, -0.2) is 26.4 Å². The van der Waals surface area contributed by atoms with E-state index in [1.807, 2.05) is 42.5 Å². The summed E-state index contributed by atoms with van der Waals surface area (Å²) in [5.74, 6) is -0.636. The van der Waals surface area contributed by atoms with E-state index in [1.54, 1.807) is 11.6 Å². The van der Waals surface area contributed by atoms with Crippen LogP contribution in [0.15, 0.2) is 65.8 Å². The number of anilines is 1. The van der Waals surface area contributed by atoms with Gasteiger partial charge in [-0.3, -0.25) is 4.79 Å². The monoisotopic (exact) mass is 440 g/mol. The molecule has 0 unspecified atom stereocenters. The molecule has 31 heavy (non-hydrogen) atoms. The predicted octanol–water partition coefficient (Wildman–Crippen LogP) is 4.56. The van der Waals surface area contributed by atoms with Gasteiger partial charge in [0.1, 0.15) is 24.0 Å². The van der Waals surface area contributed by atoms with E-state index in [9.17, 15) is 13.6 Å². The fraction of sp³-hybridized carbons (Fsp3) is 0.136. The summed E-state index contributed by atoms with van der Waals surface area (Å²) in [7, 11) is 1.78. The number of nitrogens with one attached hydrogen (secondary N) is 1. The minimum absolute atomic E-state index is 0.00697. The summed E-state index contributed by atoms with van der Waals surface area (Å²) in [5.41, 5.74) is -0.0749. The lowest BCUT2D eigenvalue weighted by Gasteiger charge is -2.09. The van der Waals surface area contributed by atoms with Crippen LogP contribution >= 0.6 is 11.8 Å². The fourth-order valence-corrected chi connectivity index (χ4v) is 3.70. The number of amides is 1. The smallest absolute Gasteiger partial charge is 0.234 e. The fourth-order valence-electron chi connectivity index (χ4n) is 2.97. The first-order chi connectivity index (χ1) is 15.0. The summed E-state index contributed by atoms with van der Waals surface area (Å²) in [6, 6.07) is 16.7. The van der Waals surface area contributed by atoms with Gasteiger partial charge in [-0.25, -0.2) is 8.78 Å². The first kappa shape index (κ1) is 20.8. The Morgan fingerprint density at radius 1 is 1.10 bits per heavy atom. The highest BCUT2D eigenvalue weighted by molar-refractivity contribution is 7.99. The Labute approximate surface area is 181 Å². The molecule has 158 valence electrons. The first-order valence-corrected chi connectivity index (χ1v) is 10.4. The topological polar surface area (TPSA) is 69.0 Å². The molecule has 0 fully saturated rings. The molecular formula is C22H18F2N4O2S. The zero-order valence-corrected chi connectivity index (χ0v) is 17.3. The van der Waals surface area contributed by atoms with Crippen LogP contribution in [-0.2, 0) is 18.4 Å². The summed E-state index contributed by atoms with van der Waals surface area (Å²) in [6.07, 6.45) is 0. The Kier molecular flexibility index (Phi) is 6.13. The maximum atomic E-state index is 13.7. The molecule has 6 nitrogen and oxygen atoms in total. The number of hydrogen-bond acceptors (Lipinski definition) is 5. The van der Waals surface area contributed by atoms with Crippen molar-refractivity contribution in [1.29, 1.82) is 0 Å². The third kappa shape index (κ3) is 4.83. The zero-order valence-electron chi connectivity index (χ0n) is 16.5. The summed E-state index contributed by atoms with van der Waals surface area (Å²) in [6.45, 7) is 0.213. The second kappa shape index (κ2) is 9.13. The van der Waals surface area contributed by atoms with E-state index >= 15 is 0 Å². The summed E-state index contributed by atoms with van der Waals surface area (Å²) >= 11 is 1.15. The van der Waals surface area contributed by atoms with Crippen LogP contribution in [0.2, 0.25) is 0 Å². The standard InChI is InChI=1S/C22H18F2N4O2S/c1-28-20(12-30-19-8-4-6-14-5-2-3-7-16(14)19)26-27-22(28)31-13-21(29)25-18-10-9-15(23)11-17(18)24/h2-11H,12-13H2,1H3,(H,25,29). The average molecular weight is 440 g/mol. The highest BCUT2D eigenvalue weighted by Gasteiger charge is 2.14. The van der Waals surface area contributed by atoms with Gasteiger partial charge in [0.05, 0.1) is 11.4 Å². The molecule has 0 spiro atoms. The van der Waals surface area contributed by atoms with Crippen molar-refractivity contribution in [2.45, 2.75) is 11.8 Å². The van der Waals surface area contributed by atoms with Gasteiger partial charge in [0, 0.05) is 18.5 Å². The van der Waals surface area contributed by atoms with Crippen molar-refractivity contribution in [3.8, 4) is 5.75 Å². The van der Waals surface area contributed by atoms with Crippen LogP contribution in [0.5, 0.6) is 5.75 Å². The third-order valence-corrected chi connectivity index (χ3v) is 5.59. The Hall–Kier alpha value is -3.46. The number of aromatic nitrogens is 3. The Morgan fingerprint density at radius 3 is 2.74 bits per heavy atom. The normalized spacial score (nSPS) is 10.9. The van der Waals surface area contributed by atoms with Gasteiger partial charge in [-0.1, -0.05) is 48.2 Å². The number of carbonyl (C=O) groups is 1. The molecule has 3 aromatic carbocycles. The number of hydrogen-bond donors (Lipinski definition) is 1. The molecule has 0 saturated carbocycles. The van der Waals surface area contributed by atoms with Crippen molar-refractivity contribution >= 4 is 34.1 Å². The van der Waals surface area contributed by atoms with E-state index in [1.165, 1.54) is 6.07 Å². The van der Waals surface area contributed by atoms with Gasteiger partial charge < -0.3 is 14.6 Å². The van der Waals surface area contributed by atoms with Crippen molar-refractivity contribution in [2.75, 3.05) is 11.1 Å². The molecular weight excluding hydrogens is 422 g/mol. The molecule has 0 bridgehead atoms. The number of carbonyl (C=O) groups excluding carboxylic acids is 1. The summed E-state index contributed by atoms with van der Waals surface area (Å²) < 4.78 is 34.3. The van der Waals surface area contributed by atoms with Crippen LogP contribution < -0.4 is 10.1 Å². The average Bonchev–Trinajstić information content (AvgIpc) is 3.12. The second-order valence-corrected chi connectivity index (χ2v) is 7.63. The number of ether oxygens (including phenoxy) is 1. The Balaban J connectivity index is 1.36. The lowest BCUT2D eigenvalue weighted by Crippen LogP contribution is -2.15. The van der Waals surface area contributed by atoms with Crippen molar-refractivity contribution in [3.05, 3.63) is 78.1 Å². The van der Waals surface area contributed by atoms with Gasteiger partial charge in [-0.2, -0.15) is 0 Å². The van der Waals surface area contributed by atoms with Gasteiger partial charge in [-0.15, -0.1) is 10.2 Å². The van der Waals surface area contributed by atoms with Crippen LogP contribution in [0.4, 0.5) is 14.5 Å². The highest BCUT2D eigenvalue weighted by Crippen LogP contribution is 2.26. The molecule has 0 atom stereocenters. The van der Waals surface area contributed by atoms with Crippen molar-refractivity contribution in [2.24, 2.45) is 7.05 Å². The van der Waals surface area contributed by atoms with E-state index in [4.69, 9.17) is 4.74 Å². The van der Waals surface area contributed by atoms with Gasteiger partial charge in [0.2, 0.25) is 5.91 Å². The number of fused-ring (bicyclic) bond motifs is 1. The zero-order chi connectivity index (χ0) is 21.8. The predicted molar refractivity (Wildman–Crippen MR) is 115 cm³/mol. The molecule has 0 aliphatic heterocycles. The lowest BCUT2D eigenvalue weighted by molar-refractivity contribution is -0.113. The van der Waals surface area contributed by atoms with Crippen LogP contribution in [0.25, 0.3) is 10.8 Å². The van der Waals surface area contributed by atoms with E-state index in [-0.39, 0.29) is 18.0 Å². The Bertz CT molecular complexity index is 1240. The molecule has 1 heterocycles. The number of rotatable bonds is 7. The molecule has 0 aliphatic rings. The SMILES string of the molecule is Cn1c(COc2cccc3ccccc23)nnc1SCC(=O)Nc1ccc(F)cc1F. The van der Waals surface area contributed by atoms with Crippen LogP contribution in [0, 0.1) is 11.6 Å². The van der Waals surface area contributed by atoms with Gasteiger partial charge in [0.25, 0.3) is 0 Å². The minimum Gasteiger partial charge on any atom is -0.485 e. The van der Waals surface area contributed by atoms with Crippen molar-refractivity contribution < 1.29 is 18.3 Å². The summed E-state index contributed by atoms with van der Waals surface area (Å²) in [5, 5.41) is 13.2. The van der Waals surface area contributed by atoms with Gasteiger partial charge >= 0.3 is 0 Å². The van der Waals surface area contributed by atoms with Crippen molar-refractivity contribution in [1.82, 2.24) is 14.8 Å². The second-order valence-electron chi connectivity index (χ2n) is 6.68. The largest absolute Gasteiger partial charge is 0.485 e. The van der Waals surface area contributed by atoms with E-state index in [2.05, 4.69) is 15.5 Å². The first-order valence-electron chi connectivity index (χ1n) is 9.38. The Morgan fingerprint density at radius 2 is 1.90 bits per heavy atom. The number of nitrogens with zero attached hydrogens (tertiary/aromatic N) is 3. The molecule has 9 heteroatoms. The van der Waals surface area contributed by atoms with Crippen molar-refractivity contribution in [3.63, 3.8) is 0 Å². The van der Waals surface area contributed by atoms with Gasteiger partial charge in [-0.05, 0) is 23.6 Å². The number of halogens is 2.